The average Bonchev–Trinajstić information content (AvgIpc) is 2.94. The summed E-state index contributed by atoms with van der Waals surface area (Å²) in [5, 5.41) is 3.16. The van der Waals surface area contributed by atoms with Crippen molar-refractivity contribution in [1.82, 2.24) is 5.32 Å². The zero-order valence-electron chi connectivity index (χ0n) is 7.72. The summed E-state index contributed by atoms with van der Waals surface area (Å²) in [6.45, 7) is 2.39. The van der Waals surface area contributed by atoms with Crippen LogP contribution in [0.2, 0.25) is 0 Å². The van der Waals surface area contributed by atoms with Crippen molar-refractivity contribution < 1.29 is 9.53 Å². The van der Waals surface area contributed by atoms with E-state index in [1.807, 2.05) is 0 Å². The van der Waals surface area contributed by atoms with Crippen LogP contribution in [0.1, 0.15) is 19.3 Å². The Morgan fingerprint density at radius 1 is 1.54 bits per heavy atom. The van der Waals surface area contributed by atoms with Gasteiger partial charge in [-0.2, -0.15) is 0 Å². The fourth-order valence-electron chi connectivity index (χ4n) is 0.984. The lowest BCUT2D eigenvalue weighted by Gasteiger charge is -2.03. The standard InChI is InChI=1S/C9H16BrNO2/c10-6-9(12)11-4-1-5-13-7-8-2-3-8/h8H,1-7H2,(H,11,12). The van der Waals surface area contributed by atoms with Gasteiger partial charge < -0.3 is 10.1 Å². The normalized spacial score (nSPS) is 15.8. The largest absolute Gasteiger partial charge is 0.381 e. The highest BCUT2D eigenvalue weighted by Crippen LogP contribution is 2.28. The number of nitrogens with one attached hydrogen (secondary N) is 1. The molecule has 0 bridgehead atoms. The van der Waals surface area contributed by atoms with E-state index in [2.05, 4.69) is 21.2 Å². The molecule has 0 saturated heterocycles. The van der Waals surface area contributed by atoms with Gasteiger partial charge in [0.15, 0.2) is 0 Å². The fraction of sp³-hybridized carbons (Fsp3) is 0.889. The first-order valence-corrected chi connectivity index (χ1v) is 5.85. The molecule has 0 radical (unpaired) electrons. The molecule has 0 aromatic rings. The van der Waals surface area contributed by atoms with Crippen molar-refractivity contribution in [1.29, 1.82) is 0 Å². The first-order chi connectivity index (χ1) is 6.33. The van der Waals surface area contributed by atoms with E-state index < -0.39 is 0 Å². The summed E-state index contributed by atoms with van der Waals surface area (Å²) < 4.78 is 5.41. The van der Waals surface area contributed by atoms with E-state index in [-0.39, 0.29) is 5.91 Å². The molecule has 0 unspecified atom stereocenters. The average molecular weight is 250 g/mol. The first kappa shape index (κ1) is 11.0. The maximum atomic E-state index is 10.8. The molecular formula is C9H16BrNO2. The van der Waals surface area contributed by atoms with Crippen LogP contribution in [0.15, 0.2) is 0 Å². The molecule has 13 heavy (non-hydrogen) atoms. The van der Waals surface area contributed by atoms with Crippen LogP contribution in [0.3, 0.4) is 0 Å². The molecule has 0 aliphatic heterocycles. The number of halogens is 1. The summed E-state index contributed by atoms with van der Waals surface area (Å²) in [6, 6.07) is 0. The Kier molecular flexibility index (Phi) is 5.39. The van der Waals surface area contributed by atoms with Crippen LogP contribution in [-0.2, 0) is 9.53 Å². The van der Waals surface area contributed by atoms with Gasteiger partial charge in [0.05, 0.1) is 5.33 Å². The highest BCUT2D eigenvalue weighted by atomic mass is 79.9. The second-order valence-electron chi connectivity index (χ2n) is 3.36. The molecule has 4 heteroatoms. The molecule has 1 N–H and O–H groups in total. The predicted molar refractivity (Wildman–Crippen MR) is 55.0 cm³/mol. The molecule has 0 aromatic carbocycles. The minimum Gasteiger partial charge on any atom is -0.381 e. The maximum Gasteiger partial charge on any atom is 0.230 e. The third-order valence-corrected chi connectivity index (χ3v) is 2.47. The summed E-state index contributed by atoms with van der Waals surface area (Å²) in [7, 11) is 0. The molecule has 1 aliphatic rings. The van der Waals surface area contributed by atoms with Crippen LogP contribution in [0.4, 0.5) is 0 Å². The Morgan fingerprint density at radius 3 is 2.92 bits per heavy atom. The lowest BCUT2D eigenvalue weighted by Crippen LogP contribution is -2.26. The van der Waals surface area contributed by atoms with Gasteiger partial charge in [-0.3, -0.25) is 4.79 Å². The van der Waals surface area contributed by atoms with Gasteiger partial charge in [0.2, 0.25) is 5.91 Å². The quantitative estimate of drug-likeness (QED) is 0.546. The van der Waals surface area contributed by atoms with E-state index in [0.29, 0.717) is 5.33 Å². The highest BCUT2D eigenvalue weighted by Gasteiger charge is 2.20. The molecule has 1 aliphatic carbocycles. The molecule has 0 atom stereocenters. The van der Waals surface area contributed by atoms with Crippen LogP contribution >= 0.6 is 15.9 Å². The Balaban J connectivity index is 1.75. The molecule has 0 spiro atoms. The summed E-state index contributed by atoms with van der Waals surface area (Å²) in [4.78, 5) is 10.8. The Bertz CT molecular complexity index is 160. The SMILES string of the molecule is O=C(CBr)NCCCOCC1CC1. The minimum atomic E-state index is 0.0437. The van der Waals surface area contributed by atoms with Gasteiger partial charge in [0.25, 0.3) is 0 Å². The highest BCUT2D eigenvalue weighted by molar-refractivity contribution is 9.09. The topological polar surface area (TPSA) is 38.3 Å². The van der Waals surface area contributed by atoms with Crippen LogP contribution in [0.25, 0.3) is 0 Å². The number of alkyl halides is 1. The van der Waals surface area contributed by atoms with Gasteiger partial charge in [-0.05, 0) is 25.2 Å². The molecule has 1 rings (SSSR count). The molecule has 1 amide bonds. The minimum absolute atomic E-state index is 0.0437. The van der Waals surface area contributed by atoms with E-state index >= 15 is 0 Å². The van der Waals surface area contributed by atoms with Gasteiger partial charge in [0, 0.05) is 19.8 Å². The van der Waals surface area contributed by atoms with Gasteiger partial charge in [-0.1, -0.05) is 15.9 Å². The molecule has 76 valence electrons. The Labute approximate surface area is 87.3 Å². The van der Waals surface area contributed by atoms with Crippen molar-refractivity contribution in [2.45, 2.75) is 19.3 Å². The number of carbonyl (C=O) groups excluding carboxylic acids is 1. The van der Waals surface area contributed by atoms with E-state index in [4.69, 9.17) is 4.74 Å². The second kappa shape index (κ2) is 6.38. The summed E-state index contributed by atoms with van der Waals surface area (Å²) in [6.07, 6.45) is 3.58. The number of rotatable bonds is 7. The van der Waals surface area contributed by atoms with Crippen molar-refractivity contribution in [3.8, 4) is 0 Å². The molecule has 1 fully saturated rings. The van der Waals surface area contributed by atoms with E-state index in [1.165, 1.54) is 12.8 Å². The molecule has 0 heterocycles. The number of amides is 1. The van der Waals surface area contributed by atoms with Crippen LogP contribution in [-0.4, -0.2) is 31.0 Å². The van der Waals surface area contributed by atoms with Gasteiger partial charge in [-0.15, -0.1) is 0 Å². The first-order valence-electron chi connectivity index (χ1n) is 4.73. The lowest BCUT2D eigenvalue weighted by atomic mass is 10.4. The van der Waals surface area contributed by atoms with Gasteiger partial charge in [-0.25, -0.2) is 0 Å². The van der Waals surface area contributed by atoms with Gasteiger partial charge >= 0.3 is 0 Å². The fourth-order valence-corrected chi connectivity index (χ4v) is 1.18. The number of hydrogen-bond donors (Lipinski definition) is 1. The molecule has 0 aromatic heterocycles. The van der Waals surface area contributed by atoms with E-state index in [0.717, 1.165) is 32.1 Å². The number of ether oxygens (including phenoxy) is 1. The smallest absolute Gasteiger partial charge is 0.230 e. The molecule has 1 saturated carbocycles. The number of carbonyl (C=O) groups is 1. The van der Waals surface area contributed by atoms with Crippen LogP contribution in [0.5, 0.6) is 0 Å². The zero-order chi connectivity index (χ0) is 9.52. The van der Waals surface area contributed by atoms with E-state index in [1.54, 1.807) is 0 Å². The maximum absolute atomic E-state index is 10.8. The van der Waals surface area contributed by atoms with Crippen molar-refractivity contribution in [2.24, 2.45) is 5.92 Å². The van der Waals surface area contributed by atoms with Crippen LogP contribution < -0.4 is 5.32 Å². The Morgan fingerprint density at radius 2 is 2.31 bits per heavy atom. The van der Waals surface area contributed by atoms with Gasteiger partial charge in [0.1, 0.15) is 0 Å². The second-order valence-corrected chi connectivity index (χ2v) is 3.92. The van der Waals surface area contributed by atoms with E-state index in [9.17, 15) is 4.79 Å². The monoisotopic (exact) mass is 249 g/mol. The van der Waals surface area contributed by atoms with Crippen molar-refractivity contribution in [3.05, 3.63) is 0 Å². The summed E-state index contributed by atoms with van der Waals surface area (Å²) in [5.41, 5.74) is 0. The summed E-state index contributed by atoms with van der Waals surface area (Å²) >= 11 is 3.08. The Hall–Kier alpha value is -0.0900. The predicted octanol–water partition coefficient (Wildman–Crippen LogP) is 1.31. The lowest BCUT2D eigenvalue weighted by molar-refractivity contribution is -0.118. The van der Waals surface area contributed by atoms with Crippen LogP contribution in [0, 0.1) is 5.92 Å². The molecular weight excluding hydrogens is 234 g/mol. The van der Waals surface area contributed by atoms with Crippen molar-refractivity contribution in [2.75, 3.05) is 25.1 Å². The third kappa shape index (κ3) is 6.05. The summed E-state index contributed by atoms with van der Waals surface area (Å²) in [5.74, 6) is 0.874. The number of hydrogen-bond acceptors (Lipinski definition) is 2. The third-order valence-electron chi connectivity index (χ3n) is 1.96. The molecule has 3 nitrogen and oxygen atoms in total. The van der Waals surface area contributed by atoms with Crippen molar-refractivity contribution in [3.63, 3.8) is 0 Å². The zero-order valence-corrected chi connectivity index (χ0v) is 9.31. The van der Waals surface area contributed by atoms with Crippen molar-refractivity contribution >= 4 is 21.8 Å².